The molecule has 3 aromatic rings. The van der Waals surface area contributed by atoms with Gasteiger partial charge in [0.1, 0.15) is 0 Å². The van der Waals surface area contributed by atoms with Crippen LogP contribution in [0.25, 0.3) is 0 Å². The molecule has 6 heteroatoms. The standard InChI is InChI=1S/C24H30N6/c25-19-7-1-4-10-22(19)28-16-13-17(29-23-11-5-2-8-20(23)26)15-18(14-16)30-24-12-6-3-9-21(24)27/h1-12,16-18,28-30H,13-15,25-27H2. The van der Waals surface area contributed by atoms with Crippen LogP contribution in [0.1, 0.15) is 19.3 Å². The van der Waals surface area contributed by atoms with Gasteiger partial charge in [-0.1, -0.05) is 36.4 Å². The largest absolute Gasteiger partial charge is 0.397 e. The van der Waals surface area contributed by atoms with Gasteiger partial charge >= 0.3 is 0 Å². The second-order valence-electron chi connectivity index (χ2n) is 7.99. The van der Waals surface area contributed by atoms with Crippen LogP contribution in [0.4, 0.5) is 34.1 Å². The summed E-state index contributed by atoms with van der Waals surface area (Å²) in [7, 11) is 0. The number of para-hydroxylation sites is 6. The summed E-state index contributed by atoms with van der Waals surface area (Å²) >= 11 is 0. The second-order valence-corrected chi connectivity index (χ2v) is 7.99. The van der Waals surface area contributed by atoms with Crippen molar-refractivity contribution < 1.29 is 0 Å². The smallest absolute Gasteiger partial charge is 0.0576 e. The number of benzene rings is 3. The molecule has 0 atom stereocenters. The van der Waals surface area contributed by atoms with E-state index in [1.807, 2.05) is 72.8 Å². The first-order chi connectivity index (χ1) is 14.6. The number of nitrogens with one attached hydrogen (secondary N) is 3. The average molecular weight is 403 g/mol. The highest BCUT2D eigenvalue weighted by molar-refractivity contribution is 5.68. The van der Waals surface area contributed by atoms with Crippen molar-refractivity contribution in [2.45, 2.75) is 37.4 Å². The molecule has 0 saturated heterocycles. The minimum absolute atomic E-state index is 0.258. The number of rotatable bonds is 6. The molecule has 1 aliphatic rings. The zero-order chi connectivity index (χ0) is 20.9. The lowest BCUT2D eigenvalue weighted by Gasteiger charge is -2.38. The van der Waals surface area contributed by atoms with Crippen LogP contribution in [-0.4, -0.2) is 18.1 Å². The first-order valence-corrected chi connectivity index (χ1v) is 10.4. The van der Waals surface area contributed by atoms with Gasteiger partial charge in [0.25, 0.3) is 0 Å². The third kappa shape index (κ3) is 4.71. The summed E-state index contributed by atoms with van der Waals surface area (Å²) in [6.07, 6.45) is 2.89. The number of anilines is 6. The van der Waals surface area contributed by atoms with E-state index in [4.69, 9.17) is 17.2 Å². The SMILES string of the molecule is Nc1ccccc1NC1CC(Nc2ccccc2N)CC(Nc2ccccc2N)C1. The molecule has 0 bridgehead atoms. The molecule has 30 heavy (non-hydrogen) atoms. The van der Waals surface area contributed by atoms with Crippen LogP contribution in [-0.2, 0) is 0 Å². The maximum Gasteiger partial charge on any atom is 0.0576 e. The van der Waals surface area contributed by atoms with Gasteiger partial charge in [0, 0.05) is 18.1 Å². The Morgan fingerprint density at radius 1 is 0.467 bits per heavy atom. The molecule has 9 N–H and O–H groups in total. The van der Waals surface area contributed by atoms with Gasteiger partial charge in [-0.15, -0.1) is 0 Å². The molecular formula is C24H30N6. The van der Waals surface area contributed by atoms with Crippen molar-refractivity contribution in [2.75, 3.05) is 33.2 Å². The van der Waals surface area contributed by atoms with E-state index in [0.717, 1.165) is 53.4 Å². The zero-order valence-corrected chi connectivity index (χ0v) is 17.0. The van der Waals surface area contributed by atoms with Crippen molar-refractivity contribution in [2.24, 2.45) is 0 Å². The minimum atomic E-state index is 0.258. The Kier molecular flexibility index (Phi) is 5.84. The highest BCUT2D eigenvalue weighted by atomic mass is 15.0. The van der Waals surface area contributed by atoms with E-state index in [1.54, 1.807) is 0 Å². The van der Waals surface area contributed by atoms with E-state index in [-0.39, 0.29) is 18.1 Å². The van der Waals surface area contributed by atoms with Crippen LogP contribution < -0.4 is 33.2 Å². The maximum absolute atomic E-state index is 6.17. The molecule has 0 spiro atoms. The van der Waals surface area contributed by atoms with Crippen molar-refractivity contribution in [3.8, 4) is 0 Å². The summed E-state index contributed by atoms with van der Waals surface area (Å²) in [5.41, 5.74) is 23.7. The predicted molar refractivity (Wildman–Crippen MR) is 129 cm³/mol. The van der Waals surface area contributed by atoms with E-state index in [9.17, 15) is 0 Å². The van der Waals surface area contributed by atoms with Crippen molar-refractivity contribution in [3.63, 3.8) is 0 Å². The van der Waals surface area contributed by atoms with Crippen molar-refractivity contribution >= 4 is 34.1 Å². The second kappa shape index (κ2) is 8.86. The van der Waals surface area contributed by atoms with Gasteiger partial charge in [-0.2, -0.15) is 0 Å². The first kappa shape index (κ1) is 19.8. The molecule has 0 aliphatic heterocycles. The van der Waals surface area contributed by atoms with Crippen LogP contribution in [0, 0.1) is 0 Å². The maximum atomic E-state index is 6.17. The molecule has 6 nitrogen and oxygen atoms in total. The van der Waals surface area contributed by atoms with E-state index >= 15 is 0 Å². The molecule has 156 valence electrons. The predicted octanol–water partition coefficient (Wildman–Crippen LogP) is 4.36. The fourth-order valence-electron chi connectivity index (χ4n) is 4.22. The van der Waals surface area contributed by atoms with Gasteiger partial charge in [-0.05, 0) is 55.7 Å². The normalized spacial score (nSPS) is 21.0. The zero-order valence-electron chi connectivity index (χ0n) is 17.0. The molecule has 0 aromatic heterocycles. The van der Waals surface area contributed by atoms with Gasteiger partial charge in [-0.25, -0.2) is 0 Å². The van der Waals surface area contributed by atoms with Crippen molar-refractivity contribution in [3.05, 3.63) is 72.8 Å². The van der Waals surface area contributed by atoms with E-state index in [1.165, 1.54) is 0 Å². The molecule has 0 unspecified atom stereocenters. The Morgan fingerprint density at radius 3 is 1.00 bits per heavy atom. The molecule has 4 rings (SSSR count). The highest BCUT2D eigenvalue weighted by Gasteiger charge is 2.29. The van der Waals surface area contributed by atoms with Gasteiger partial charge in [0.2, 0.25) is 0 Å². The van der Waals surface area contributed by atoms with E-state index in [0.29, 0.717) is 0 Å². The molecule has 0 heterocycles. The van der Waals surface area contributed by atoms with Crippen LogP contribution in [0.2, 0.25) is 0 Å². The minimum Gasteiger partial charge on any atom is -0.397 e. The summed E-state index contributed by atoms with van der Waals surface area (Å²) in [6, 6.07) is 24.5. The lowest BCUT2D eigenvalue weighted by molar-refractivity contribution is 0.397. The van der Waals surface area contributed by atoms with Crippen LogP contribution in [0.15, 0.2) is 72.8 Å². The molecule has 1 saturated carbocycles. The van der Waals surface area contributed by atoms with Gasteiger partial charge in [0.05, 0.1) is 34.1 Å². The number of nitrogen functional groups attached to an aromatic ring is 3. The van der Waals surface area contributed by atoms with Crippen molar-refractivity contribution in [1.82, 2.24) is 0 Å². The Labute approximate surface area is 177 Å². The van der Waals surface area contributed by atoms with Gasteiger partial charge in [0.15, 0.2) is 0 Å². The van der Waals surface area contributed by atoms with Crippen LogP contribution in [0.5, 0.6) is 0 Å². The third-order valence-electron chi connectivity index (χ3n) is 5.67. The molecule has 1 aliphatic carbocycles. The Hall–Kier alpha value is -3.54. The fourth-order valence-corrected chi connectivity index (χ4v) is 4.22. The number of hydrogen-bond acceptors (Lipinski definition) is 6. The summed E-state index contributed by atoms with van der Waals surface area (Å²) in [4.78, 5) is 0. The summed E-state index contributed by atoms with van der Waals surface area (Å²) in [5, 5.41) is 10.9. The Balaban J connectivity index is 1.53. The topological polar surface area (TPSA) is 114 Å². The lowest BCUT2D eigenvalue weighted by atomic mass is 9.86. The van der Waals surface area contributed by atoms with Crippen LogP contribution in [0.3, 0.4) is 0 Å². The quantitative estimate of drug-likeness (QED) is 0.342. The van der Waals surface area contributed by atoms with Gasteiger partial charge in [-0.3, -0.25) is 0 Å². The molecule has 0 amide bonds. The number of nitrogens with two attached hydrogens (primary N) is 3. The average Bonchev–Trinajstić information content (AvgIpc) is 2.73. The monoisotopic (exact) mass is 402 g/mol. The van der Waals surface area contributed by atoms with E-state index in [2.05, 4.69) is 16.0 Å². The van der Waals surface area contributed by atoms with E-state index < -0.39 is 0 Å². The van der Waals surface area contributed by atoms with Crippen LogP contribution >= 0.6 is 0 Å². The molecule has 1 fully saturated rings. The molecular weight excluding hydrogens is 372 g/mol. The molecule has 0 radical (unpaired) electrons. The third-order valence-corrected chi connectivity index (χ3v) is 5.67. The fraction of sp³-hybridized carbons (Fsp3) is 0.250. The van der Waals surface area contributed by atoms with Crippen molar-refractivity contribution in [1.29, 1.82) is 0 Å². The number of hydrogen-bond donors (Lipinski definition) is 6. The Bertz CT molecular complexity index is 855. The summed E-state index contributed by atoms with van der Waals surface area (Å²) in [6.45, 7) is 0. The summed E-state index contributed by atoms with van der Waals surface area (Å²) < 4.78 is 0. The first-order valence-electron chi connectivity index (χ1n) is 10.4. The van der Waals surface area contributed by atoms with Gasteiger partial charge < -0.3 is 33.2 Å². The Morgan fingerprint density at radius 2 is 0.733 bits per heavy atom. The molecule has 3 aromatic carbocycles. The summed E-state index contributed by atoms with van der Waals surface area (Å²) in [5.74, 6) is 0. The highest BCUT2D eigenvalue weighted by Crippen LogP contribution is 2.31. The lowest BCUT2D eigenvalue weighted by Crippen LogP contribution is -2.43.